The molecule has 1 saturated heterocycles. The van der Waals surface area contributed by atoms with Gasteiger partial charge in [-0.15, -0.1) is 0 Å². The molecule has 1 aromatic heterocycles. The molecule has 0 unspecified atom stereocenters. The molecule has 1 fully saturated rings. The van der Waals surface area contributed by atoms with E-state index >= 15 is 0 Å². The van der Waals surface area contributed by atoms with E-state index in [9.17, 15) is 9.59 Å². The number of unbranched alkanes of at least 4 members (excludes halogenated alkanes) is 1. The van der Waals surface area contributed by atoms with Crippen molar-refractivity contribution in [2.45, 2.75) is 78.2 Å². The third-order valence-electron chi connectivity index (χ3n) is 5.82. The summed E-state index contributed by atoms with van der Waals surface area (Å²) in [6, 6.07) is 0. The summed E-state index contributed by atoms with van der Waals surface area (Å²) in [5.74, 6) is -0.479. The molecule has 1 amide bonds. The van der Waals surface area contributed by atoms with Crippen LogP contribution in [0.2, 0.25) is 0 Å². The van der Waals surface area contributed by atoms with Gasteiger partial charge in [0, 0.05) is 48.5 Å². The van der Waals surface area contributed by atoms with Gasteiger partial charge in [0.15, 0.2) is 0 Å². The number of fused-ring (bicyclic) bond motifs is 1. The van der Waals surface area contributed by atoms with Gasteiger partial charge < -0.3 is 14.4 Å². The Balaban J connectivity index is 2.03. The van der Waals surface area contributed by atoms with E-state index in [1.165, 1.54) is 0 Å². The molecular formula is C23H35N3O4. The van der Waals surface area contributed by atoms with E-state index in [0.29, 0.717) is 43.9 Å². The minimum Gasteiger partial charge on any atom is -0.459 e. The maximum absolute atomic E-state index is 13.4. The average molecular weight is 418 g/mol. The number of hydrogen-bond acceptors (Lipinski definition) is 5. The van der Waals surface area contributed by atoms with Gasteiger partial charge in [-0.2, -0.15) is 5.10 Å². The molecular weight excluding hydrogens is 382 g/mol. The molecule has 2 aliphatic rings. The van der Waals surface area contributed by atoms with E-state index in [1.807, 2.05) is 13.8 Å². The highest BCUT2D eigenvalue weighted by atomic mass is 16.5. The molecule has 3 rings (SSSR count). The van der Waals surface area contributed by atoms with Crippen LogP contribution in [0, 0.1) is 5.92 Å². The summed E-state index contributed by atoms with van der Waals surface area (Å²) in [5, 5.41) is 7.69. The van der Waals surface area contributed by atoms with Crippen LogP contribution in [0.1, 0.15) is 77.3 Å². The summed E-state index contributed by atoms with van der Waals surface area (Å²) in [5.41, 5.74) is 2.66. The Hall–Kier alpha value is -2.15. The van der Waals surface area contributed by atoms with Crippen molar-refractivity contribution in [3.05, 3.63) is 23.2 Å². The molecule has 2 aliphatic heterocycles. The van der Waals surface area contributed by atoms with Crippen molar-refractivity contribution in [1.82, 2.24) is 15.1 Å². The molecule has 0 spiro atoms. The fraction of sp³-hybridized carbons (Fsp3) is 0.696. The van der Waals surface area contributed by atoms with E-state index in [0.717, 1.165) is 30.5 Å². The second-order valence-corrected chi connectivity index (χ2v) is 9.26. The van der Waals surface area contributed by atoms with Gasteiger partial charge in [0.05, 0.1) is 6.10 Å². The van der Waals surface area contributed by atoms with E-state index in [2.05, 4.69) is 31.0 Å². The summed E-state index contributed by atoms with van der Waals surface area (Å²) in [6.07, 6.45) is 5.80. The van der Waals surface area contributed by atoms with Crippen LogP contribution in [0.3, 0.4) is 0 Å². The SMILES string of the molecule is CCCCc1[nH]nc2c1C(C)(C)CN(C(=O)C1CCOCC1)C=C2C(=O)OC(C)C. The number of aromatic amines is 1. The van der Waals surface area contributed by atoms with Crippen LogP contribution in [0.4, 0.5) is 0 Å². The summed E-state index contributed by atoms with van der Waals surface area (Å²) in [7, 11) is 0. The monoisotopic (exact) mass is 417 g/mol. The molecule has 0 aliphatic carbocycles. The second-order valence-electron chi connectivity index (χ2n) is 9.26. The molecule has 7 heteroatoms. The smallest absolute Gasteiger partial charge is 0.342 e. The molecule has 166 valence electrons. The number of carbonyl (C=O) groups is 2. The van der Waals surface area contributed by atoms with Crippen molar-refractivity contribution in [3.8, 4) is 0 Å². The second kappa shape index (κ2) is 9.33. The minimum absolute atomic E-state index is 0.0467. The molecule has 7 nitrogen and oxygen atoms in total. The van der Waals surface area contributed by atoms with Gasteiger partial charge in [0.25, 0.3) is 0 Å². The molecule has 0 bridgehead atoms. The van der Waals surface area contributed by atoms with E-state index < -0.39 is 5.97 Å². The molecule has 30 heavy (non-hydrogen) atoms. The lowest BCUT2D eigenvalue weighted by molar-refractivity contribution is -0.140. The molecule has 0 radical (unpaired) electrons. The lowest BCUT2D eigenvalue weighted by Crippen LogP contribution is -2.41. The summed E-state index contributed by atoms with van der Waals surface area (Å²) < 4.78 is 10.9. The fourth-order valence-corrected chi connectivity index (χ4v) is 4.35. The van der Waals surface area contributed by atoms with Crippen LogP contribution in [0.25, 0.3) is 5.57 Å². The largest absolute Gasteiger partial charge is 0.459 e. The topological polar surface area (TPSA) is 84.5 Å². The third-order valence-corrected chi connectivity index (χ3v) is 5.82. The first-order valence-corrected chi connectivity index (χ1v) is 11.1. The van der Waals surface area contributed by atoms with Crippen molar-refractivity contribution < 1.29 is 19.1 Å². The number of amides is 1. The predicted octanol–water partition coefficient (Wildman–Crippen LogP) is 3.59. The van der Waals surface area contributed by atoms with Crippen LogP contribution in [0.15, 0.2) is 6.20 Å². The predicted molar refractivity (Wildman–Crippen MR) is 115 cm³/mol. The Morgan fingerprint density at radius 2 is 2.03 bits per heavy atom. The number of H-pyrrole nitrogens is 1. The van der Waals surface area contributed by atoms with Gasteiger partial charge in [-0.25, -0.2) is 4.79 Å². The number of aryl methyl sites for hydroxylation is 1. The maximum atomic E-state index is 13.4. The first-order chi connectivity index (χ1) is 14.2. The highest BCUT2D eigenvalue weighted by Gasteiger charge is 2.39. The van der Waals surface area contributed by atoms with Crippen molar-refractivity contribution in [2.24, 2.45) is 5.92 Å². The number of aromatic nitrogens is 2. The summed E-state index contributed by atoms with van der Waals surface area (Å²) in [6.45, 7) is 11.7. The van der Waals surface area contributed by atoms with E-state index in [-0.39, 0.29) is 23.3 Å². The zero-order valence-electron chi connectivity index (χ0n) is 18.9. The van der Waals surface area contributed by atoms with Gasteiger partial charge in [0.1, 0.15) is 11.3 Å². The van der Waals surface area contributed by atoms with Gasteiger partial charge in [-0.05, 0) is 39.5 Å². The Morgan fingerprint density at radius 3 is 2.67 bits per heavy atom. The minimum atomic E-state index is -0.442. The van der Waals surface area contributed by atoms with Gasteiger partial charge in [-0.3, -0.25) is 9.89 Å². The fourth-order valence-electron chi connectivity index (χ4n) is 4.35. The first kappa shape index (κ1) is 22.5. The summed E-state index contributed by atoms with van der Waals surface area (Å²) in [4.78, 5) is 28.1. The van der Waals surface area contributed by atoms with Crippen molar-refractivity contribution in [1.29, 1.82) is 0 Å². The van der Waals surface area contributed by atoms with Crippen molar-refractivity contribution >= 4 is 17.4 Å². The van der Waals surface area contributed by atoms with E-state index in [1.54, 1.807) is 11.1 Å². The standard InChI is InChI=1S/C23H35N3O4/c1-6-7-8-18-19-20(25-24-18)17(22(28)30-15(2)3)13-26(14-23(19,4)5)21(27)16-9-11-29-12-10-16/h13,15-16H,6-12,14H2,1-5H3,(H,24,25). The molecule has 0 aromatic carbocycles. The van der Waals surface area contributed by atoms with Crippen molar-refractivity contribution in [3.63, 3.8) is 0 Å². The number of hydrogen-bond donors (Lipinski definition) is 1. The molecule has 1 aromatic rings. The van der Waals surface area contributed by atoms with Crippen LogP contribution < -0.4 is 0 Å². The van der Waals surface area contributed by atoms with Crippen LogP contribution in [0.5, 0.6) is 0 Å². The zero-order chi connectivity index (χ0) is 21.9. The highest BCUT2D eigenvalue weighted by Crippen LogP contribution is 2.38. The number of nitrogens with one attached hydrogen (secondary N) is 1. The van der Waals surface area contributed by atoms with E-state index in [4.69, 9.17) is 9.47 Å². The Labute approximate surface area is 179 Å². The molecule has 0 saturated carbocycles. The Kier molecular flexibility index (Phi) is 7.01. The number of carbonyl (C=O) groups excluding carboxylic acids is 2. The number of nitrogens with zero attached hydrogens (tertiary/aromatic N) is 2. The van der Waals surface area contributed by atoms with Gasteiger partial charge >= 0.3 is 5.97 Å². The third kappa shape index (κ3) is 4.77. The van der Waals surface area contributed by atoms with Crippen LogP contribution in [-0.2, 0) is 30.9 Å². The average Bonchev–Trinajstić information content (AvgIpc) is 3.08. The Morgan fingerprint density at radius 1 is 1.33 bits per heavy atom. The highest BCUT2D eigenvalue weighted by molar-refractivity contribution is 6.17. The zero-order valence-corrected chi connectivity index (χ0v) is 18.9. The van der Waals surface area contributed by atoms with Gasteiger partial charge in [-0.1, -0.05) is 27.2 Å². The van der Waals surface area contributed by atoms with Crippen molar-refractivity contribution in [2.75, 3.05) is 19.8 Å². The van der Waals surface area contributed by atoms with Gasteiger partial charge in [0.2, 0.25) is 5.91 Å². The quantitative estimate of drug-likeness (QED) is 0.715. The van der Waals surface area contributed by atoms with Crippen LogP contribution >= 0.6 is 0 Å². The lowest BCUT2D eigenvalue weighted by Gasteiger charge is -2.32. The summed E-state index contributed by atoms with van der Waals surface area (Å²) >= 11 is 0. The van der Waals surface area contributed by atoms with Crippen LogP contribution in [-0.4, -0.2) is 52.8 Å². The number of rotatable bonds is 6. The lowest BCUT2D eigenvalue weighted by atomic mass is 9.81. The first-order valence-electron chi connectivity index (χ1n) is 11.1. The molecule has 0 atom stereocenters. The number of esters is 1. The molecule has 3 heterocycles. The molecule has 1 N–H and O–H groups in total. The number of ether oxygens (including phenoxy) is 2. The normalized spacial score (nSPS) is 19.3. The maximum Gasteiger partial charge on any atom is 0.342 e. The Bertz CT molecular complexity index is 803.